The van der Waals surface area contributed by atoms with Crippen LogP contribution in [0.2, 0.25) is 0 Å². The van der Waals surface area contributed by atoms with Gasteiger partial charge in [0.2, 0.25) is 0 Å². The van der Waals surface area contributed by atoms with Crippen LogP contribution in [0.25, 0.3) is 6.08 Å². The van der Waals surface area contributed by atoms with Crippen LogP contribution in [0.1, 0.15) is 45.6 Å². The molecule has 1 aromatic heterocycles. The number of amides is 1. The summed E-state index contributed by atoms with van der Waals surface area (Å²) in [6.45, 7) is 9.35. The molecule has 0 aliphatic carbocycles. The van der Waals surface area contributed by atoms with Gasteiger partial charge >= 0.3 is 12.1 Å². The number of esters is 1. The fourth-order valence-electron chi connectivity index (χ4n) is 6.54. The van der Waals surface area contributed by atoms with Crippen molar-refractivity contribution in [1.29, 1.82) is 0 Å². The molecule has 0 spiro atoms. The SMILES string of the molecule is C/C(=C\c1cc(F)cc(N2CCN(S(=O)(=O)c3cn(C)cn3)CC2)c1)[C@H]1OC(=O)C[C@H](O)CC[C@H](C)[C@@H](OC(=O)N2CCNCC2)/C=C/[C@@H]1C. The first-order valence-electron chi connectivity index (χ1n) is 17.2. The Morgan fingerprint density at radius 2 is 1.80 bits per heavy atom. The standard InChI is InChI=1S/C35H49FN6O7S/c1-24-5-7-30(43)21-33(44)49-34(25(2)6-8-31(24)48-35(45)41-11-9-37-10-12-41)26(3)17-27-18-28(36)20-29(19-27)40-13-15-42(16-14-40)50(46,47)32-22-39(4)23-38-32/h6,8,17-20,22-25,30-31,34,37,43H,5,7,9-16,21H2,1-4H3/b8-6+,26-17+/t24-,25-,30+,31-,34-/m0/s1. The number of nitrogens with zero attached hydrogens (tertiary/aromatic N) is 5. The first kappa shape index (κ1) is 37.5. The number of sulfonamides is 1. The zero-order valence-electron chi connectivity index (χ0n) is 29.2. The van der Waals surface area contributed by atoms with Crippen LogP contribution in [0, 0.1) is 17.7 Å². The molecule has 2 aromatic rings. The number of aromatic nitrogens is 2. The van der Waals surface area contributed by atoms with Gasteiger partial charge in [0.1, 0.15) is 18.0 Å². The van der Waals surface area contributed by atoms with E-state index in [-0.39, 0.29) is 42.5 Å². The number of aliphatic hydroxyl groups excluding tert-OH is 1. The minimum atomic E-state index is -3.74. The Bertz CT molecular complexity index is 1670. The molecule has 2 fully saturated rings. The highest BCUT2D eigenvalue weighted by molar-refractivity contribution is 7.89. The van der Waals surface area contributed by atoms with Gasteiger partial charge in [-0.3, -0.25) is 4.79 Å². The highest BCUT2D eigenvalue weighted by Crippen LogP contribution is 2.28. The molecule has 15 heteroatoms. The number of rotatable bonds is 6. The maximum atomic E-state index is 15.0. The number of carbonyl (C=O) groups excluding carboxylic acids is 2. The third kappa shape index (κ3) is 9.50. The number of benzene rings is 1. The number of piperazine rings is 2. The fraction of sp³-hybridized carbons (Fsp3) is 0.571. The molecule has 0 radical (unpaired) electrons. The van der Waals surface area contributed by atoms with Crippen molar-refractivity contribution >= 4 is 33.8 Å². The number of ether oxygens (including phenoxy) is 2. The number of anilines is 1. The summed E-state index contributed by atoms with van der Waals surface area (Å²) in [5, 5.41) is 13.9. The summed E-state index contributed by atoms with van der Waals surface area (Å²) in [5.74, 6) is -1.45. The molecular weight excluding hydrogens is 667 g/mol. The fourth-order valence-corrected chi connectivity index (χ4v) is 7.92. The molecule has 1 aromatic carbocycles. The molecule has 2 N–H and O–H groups in total. The van der Waals surface area contributed by atoms with Crippen LogP contribution in [-0.4, -0.2) is 115 Å². The maximum Gasteiger partial charge on any atom is 0.410 e. The quantitative estimate of drug-likeness (QED) is 0.338. The van der Waals surface area contributed by atoms with Gasteiger partial charge in [-0.15, -0.1) is 0 Å². The predicted molar refractivity (Wildman–Crippen MR) is 186 cm³/mol. The summed E-state index contributed by atoms with van der Waals surface area (Å²) in [5.41, 5.74) is 1.82. The molecular formula is C35H49FN6O7S. The lowest BCUT2D eigenvalue weighted by Crippen LogP contribution is -2.48. The molecule has 3 aliphatic rings. The van der Waals surface area contributed by atoms with Crippen molar-refractivity contribution in [3.63, 3.8) is 0 Å². The van der Waals surface area contributed by atoms with Crippen molar-refractivity contribution in [1.82, 2.24) is 24.1 Å². The average molecular weight is 717 g/mol. The maximum absolute atomic E-state index is 15.0. The number of aliphatic hydroxyl groups is 1. The number of imidazole rings is 1. The van der Waals surface area contributed by atoms with E-state index in [1.165, 1.54) is 29.0 Å². The molecule has 1 amide bonds. The van der Waals surface area contributed by atoms with Crippen LogP contribution < -0.4 is 10.2 Å². The third-order valence-corrected chi connectivity index (χ3v) is 11.3. The lowest BCUT2D eigenvalue weighted by molar-refractivity contribution is -0.151. The monoisotopic (exact) mass is 716 g/mol. The van der Waals surface area contributed by atoms with E-state index in [1.807, 2.05) is 37.0 Å². The van der Waals surface area contributed by atoms with Crippen molar-refractivity contribution in [2.75, 3.05) is 57.3 Å². The molecule has 5 atom stereocenters. The van der Waals surface area contributed by atoms with Crippen LogP contribution in [0.4, 0.5) is 14.9 Å². The number of aryl methyl sites for hydroxylation is 1. The lowest BCUT2D eigenvalue weighted by atomic mass is 9.91. The van der Waals surface area contributed by atoms with Crippen molar-refractivity contribution in [3.05, 3.63) is 59.8 Å². The van der Waals surface area contributed by atoms with Crippen LogP contribution in [-0.2, 0) is 31.3 Å². The number of hydrogen-bond donors (Lipinski definition) is 2. The summed E-state index contributed by atoms with van der Waals surface area (Å²) in [6.07, 6.45) is 6.54. The molecule has 0 bridgehead atoms. The Balaban J connectivity index is 1.33. The van der Waals surface area contributed by atoms with Gasteiger partial charge < -0.3 is 34.3 Å². The minimum Gasteiger partial charge on any atom is -0.457 e. The average Bonchev–Trinajstić information content (AvgIpc) is 3.54. The molecule has 274 valence electrons. The lowest BCUT2D eigenvalue weighted by Gasteiger charge is -2.35. The summed E-state index contributed by atoms with van der Waals surface area (Å²) in [4.78, 5) is 33.6. The minimum absolute atomic E-state index is 0.00521. The highest BCUT2D eigenvalue weighted by atomic mass is 32.2. The number of hydrogen-bond acceptors (Lipinski definition) is 10. The van der Waals surface area contributed by atoms with Crippen molar-refractivity contribution < 1.29 is 37.0 Å². The van der Waals surface area contributed by atoms with Gasteiger partial charge in [0.25, 0.3) is 10.0 Å². The predicted octanol–water partition coefficient (Wildman–Crippen LogP) is 3.17. The summed E-state index contributed by atoms with van der Waals surface area (Å²) >= 11 is 0. The van der Waals surface area contributed by atoms with Crippen LogP contribution in [0.5, 0.6) is 0 Å². The van der Waals surface area contributed by atoms with Gasteiger partial charge in [0.05, 0.1) is 18.9 Å². The van der Waals surface area contributed by atoms with Gasteiger partial charge in [-0.05, 0) is 61.1 Å². The van der Waals surface area contributed by atoms with Gasteiger partial charge in [-0.2, -0.15) is 4.31 Å². The van der Waals surface area contributed by atoms with Crippen molar-refractivity contribution in [2.45, 2.75) is 63.4 Å². The molecule has 0 saturated carbocycles. The van der Waals surface area contributed by atoms with Crippen molar-refractivity contribution in [3.8, 4) is 0 Å². The van der Waals surface area contributed by atoms with E-state index >= 15 is 4.39 Å². The second kappa shape index (κ2) is 16.5. The van der Waals surface area contributed by atoms with E-state index in [0.717, 1.165) is 0 Å². The first-order valence-corrected chi connectivity index (χ1v) is 18.7. The smallest absolute Gasteiger partial charge is 0.410 e. The number of nitrogens with one attached hydrogen (secondary N) is 1. The van der Waals surface area contributed by atoms with E-state index in [0.29, 0.717) is 68.9 Å². The number of halogens is 1. The van der Waals surface area contributed by atoms with Crippen molar-refractivity contribution in [2.24, 2.45) is 18.9 Å². The highest BCUT2D eigenvalue weighted by Gasteiger charge is 2.31. The summed E-state index contributed by atoms with van der Waals surface area (Å²) < 4.78 is 56.0. The Morgan fingerprint density at radius 1 is 1.08 bits per heavy atom. The topological polar surface area (TPSA) is 147 Å². The molecule has 2 saturated heterocycles. The Hall–Kier alpha value is -3.79. The van der Waals surface area contributed by atoms with E-state index in [1.54, 1.807) is 29.5 Å². The van der Waals surface area contributed by atoms with E-state index in [4.69, 9.17) is 9.47 Å². The summed E-state index contributed by atoms with van der Waals surface area (Å²) in [6, 6.07) is 4.63. The van der Waals surface area contributed by atoms with E-state index in [9.17, 15) is 23.1 Å². The largest absolute Gasteiger partial charge is 0.457 e. The first-order chi connectivity index (χ1) is 23.8. The van der Waals surface area contributed by atoms with E-state index in [2.05, 4.69) is 10.3 Å². The molecule has 3 aliphatic heterocycles. The Labute approximate surface area is 293 Å². The molecule has 0 unspecified atom stereocenters. The van der Waals surface area contributed by atoms with Crippen LogP contribution in [0.3, 0.4) is 0 Å². The molecule has 4 heterocycles. The van der Waals surface area contributed by atoms with Crippen LogP contribution in [0.15, 0.2) is 53.5 Å². The zero-order chi connectivity index (χ0) is 36.0. The second-order valence-electron chi connectivity index (χ2n) is 13.6. The van der Waals surface area contributed by atoms with Crippen LogP contribution >= 0.6 is 0 Å². The molecule has 50 heavy (non-hydrogen) atoms. The molecule has 13 nitrogen and oxygen atoms in total. The third-order valence-electron chi connectivity index (χ3n) is 9.51. The number of cyclic esters (lactones) is 1. The Kier molecular flexibility index (Phi) is 12.4. The normalized spacial score (nSPS) is 27.2. The summed E-state index contributed by atoms with van der Waals surface area (Å²) in [7, 11) is -2.03. The Morgan fingerprint density at radius 3 is 2.48 bits per heavy atom. The second-order valence-corrected chi connectivity index (χ2v) is 15.4. The van der Waals surface area contributed by atoms with Gasteiger partial charge in [0, 0.05) is 77.2 Å². The number of carbonyl (C=O) groups is 2. The molecule has 5 rings (SSSR count). The van der Waals surface area contributed by atoms with E-state index < -0.39 is 40.1 Å². The van der Waals surface area contributed by atoms with Gasteiger partial charge in [-0.1, -0.05) is 26.0 Å². The van der Waals surface area contributed by atoms with Gasteiger partial charge in [-0.25, -0.2) is 22.6 Å². The van der Waals surface area contributed by atoms with Gasteiger partial charge in [0.15, 0.2) is 5.03 Å². The zero-order valence-corrected chi connectivity index (χ0v) is 30.0.